The Morgan fingerprint density at radius 2 is 1.59 bits per heavy atom. The molecule has 0 unspecified atom stereocenters. The van der Waals surface area contributed by atoms with E-state index in [4.69, 9.17) is 23.7 Å². The van der Waals surface area contributed by atoms with Crippen LogP contribution in [-0.2, 0) is 19.0 Å². The van der Waals surface area contributed by atoms with Gasteiger partial charge in [0.15, 0.2) is 0 Å². The van der Waals surface area contributed by atoms with Gasteiger partial charge in [-0.1, -0.05) is 27.2 Å². The van der Waals surface area contributed by atoms with Crippen LogP contribution in [0.15, 0.2) is 36.4 Å². The summed E-state index contributed by atoms with van der Waals surface area (Å²) >= 11 is 1.90. The lowest BCUT2D eigenvalue weighted by molar-refractivity contribution is -0.121. The monoisotopic (exact) mass is 987 g/mol. The fourth-order valence-corrected chi connectivity index (χ4v) is 12.6. The number of amides is 4. The lowest BCUT2D eigenvalue weighted by Gasteiger charge is -2.38. The predicted molar refractivity (Wildman–Crippen MR) is 272 cm³/mol. The summed E-state index contributed by atoms with van der Waals surface area (Å²) in [5, 5.41) is 26.1. The lowest BCUT2D eigenvalue weighted by atomic mass is 9.68. The first-order valence-electron chi connectivity index (χ1n) is 26.2. The Balaban J connectivity index is 0.756. The van der Waals surface area contributed by atoms with E-state index < -0.39 is 0 Å². The zero-order valence-corrected chi connectivity index (χ0v) is 42.6. The van der Waals surface area contributed by atoms with Crippen LogP contribution in [0.25, 0.3) is 0 Å². The molecule has 5 N–H and O–H groups in total. The quantitative estimate of drug-likeness (QED) is 0.0728. The van der Waals surface area contributed by atoms with Crippen molar-refractivity contribution in [3.05, 3.63) is 53.1 Å². The van der Waals surface area contributed by atoms with E-state index in [0.717, 1.165) is 93.9 Å². The van der Waals surface area contributed by atoms with Crippen molar-refractivity contribution in [3.8, 4) is 17.6 Å². The molecule has 0 radical (unpaired) electrons. The molecule has 1 saturated carbocycles. The van der Waals surface area contributed by atoms with Gasteiger partial charge < -0.3 is 60.1 Å². The average molecular weight is 987 g/mol. The summed E-state index contributed by atoms with van der Waals surface area (Å²) in [4.78, 5) is 42.4. The molecule has 4 amide bonds. The molecule has 384 valence electrons. The third-order valence-corrected chi connectivity index (χ3v) is 16.7. The fourth-order valence-electron chi connectivity index (χ4n) is 11.0. The first-order chi connectivity index (χ1) is 34.0. The predicted octanol–water partition coefficient (Wildman–Crippen LogP) is 5.58. The number of nitrogens with zero attached hydrogens (tertiary/aromatic N) is 3. The van der Waals surface area contributed by atoms with Crippen LogP contribution in [0, 0.1) is 22.7 Å². The van der Waals surface area contributed by atoms with Crippen molar-refractivity contribution in [3.63, 3.8) is 0 Å². The molecule has 6 fully saturated rings. The highest BCUT2D eigenvalue weighted by Gasteiger charge is 2.42. The van der Waals surface area contributed by atoms with Gasteiger partial charge in [-0.15, -0.1) is 0 Å². The van der Waals surface area contributed by atoms with Crippen molar-refractivity contribution >= 4 is 35.3 Å². The maximum Gasteiger partial charge on any atom is 0.315 e. The molecular weight excluding hydrogens is 909 g/mol. The van der Waals surface area contributed by atoms with Gasteiger partial charge in [0, 0.05) is 106 Å². The second kappa shape index (κ2) is 25.4. The highest BCUT2D eigenvalue weighted by Crippen LogP contribution is 2.46. The number of nitrogens with one attached hydrogen (secondary N) is 5. The number of piperidine rings is 1. The van der Waals surface area contributed by atoms with Crippen molar-refractivity contribution < 1.29 is 38.1 Å². The van der Waals surface area contributed by atoms with Gasteiger partial charge in [0.1, 0.15) is 35.9 Å². The Hall–Kier alpha value is -4.31. The molecule has 8 rings (SSSR count). The highest BCUT2D eigenvalue weighted by molar-refractivity contribution is 8.00. The van der Waals surface area contributed by atoms with Gasteiger partial charge >= 0.3 is 6.03 Å². The normalized spacial score (nSPS) is 26.0. The van der Waals surface area contributed by atoms with Gasteiger partial charge in [0.2, 0.25) is 5.91 Å². The number of hydrogen-bond acceptors (Lipinski definition) is 13. The van der Waals surface area contributed by atoms with Crippen molar-refractivity contribution in [2.24, 2.45) is 11.3 Å². The van der Waals surface area contributed by atoms with E-state index in [1.165, 1.54) is 0 Å². The van der Waals surface area contributed by atoms with Crippen LogP contribution in [0.5, 0.6) is 11.5 Å². The Labute approximate surface area is 419 Å². The Kier molecular flexibility index (Phi) is 18.9. The minimum absolute atomic E-state index is 0.0317. The largest absolute Gasteiger partial charge is 0.489 e. The molecule has 6 aliphatic rings. The molecule has 0 bridgehead atoms. The van der Waals surface area contributed by atoms with Gasteiger partial charge in [-0.3, -0.25) is 9.59 Å². The number of ether oxygens (including phenoxy) is 5. The number of fused-ring (bicyclic) bond motifs is 1. The molecule has 2 aromatic rings. The maximum absolute atomic E-state index is 14.2. The van der Waals surface area contributed by atoms with Crippen LogP contribution in [0.4, 0.5) is 10.5 Å². The number of piperazine rings is 1. The molecule has 16 nitrogen and oxygen atoms in total. The van der Waals surface area contributed by atoms with Crippen LogP contribution in [0.1, 0.15) is 112 Å². The van der Waals surface area contributed by atoms with E-state index in [1.54, 1.807) is 0 Å². The van der Waals surface area contributed by atoms with Crippen LogP contribution >= 0.6 is 11.8 Å². The SMILES string of the molecule is CC(C)(C)C1CCC(c2cc(C(=O)N3CCC(Oc4cc(N5CCNCC5)ccc4C#N)CC3)ccc2O[C@@H]2CNC[C@H]2OCCOCCOCCNC(=O)CCCC[C@@H]2SC[C@@H]3NC(=O)N[C@@H]32)CC1. The van der Waals surface area contributed by atoms with Gasteiger partial charge in [0.25, 0.3) is 5.91 Å². The number of rotatable bonds is 22. The molecular formula is C53H78N8O8S. The van der Waals surface area contributed by atoms with Gasteiger partial charge in [-0.05, 0) is 91.7 Å². The number of thioether (sulfide) groups is 1. The first-order valence-corrected chi connectivity index (χ1v) is 27.3. The number of carbonyl (C=O) groups is 3. The second-order valence-electron chi connectivity index (χ2n) is 21.0. The molecule has 70 heavy (non-hydrogen) atoms. The lowest BCUT2D eigenvalue weighted by Crippen LogP contribution is -2.43. The van der Waals surface area contributed by atoms with Crippen LogP contribution in [0.3, 0.4) is 0 Å². The number of urea groups is 1. The first kappa shape index (κ1) is 52.0. The molecule has 0 aromatic heterocycles. The number of anilines is 1. The summed E-state index contributed by atoms with van der Waals surface area (Å²) in [5.41, 5.74) is 3.68. The standard InChI is InChI=1S/C53H78N8O8S/c1-53(2,3)39-12-8-36(9-13-39)42-30-37(51(63)61-21-16-41(17-22-61)68-45-31-40(14-10-38(45)32-54)60-23-18-55-19-24-60)11-15-44(42)69-47-34-56-33-46(47)67-29-28-66-27-26-65-25-20-57-49(62)7-5-4-6-48-50-43(35-70-48)58-52(64)59-50/h10-11,14-15,30-31,36,39,41,43,46-48,50,55-56H,4-9,12-13,16-29,33-35H2,1-3H3,(H,57,62)(H2,58,59,64)/t36?,39?,43-,46+,47+,48-,50-/m0/s1. The Morgan fingerprint density at radius 1 is 0.829 bits per heavy atom. The number of unbranched alkanes of at least 4 members (excludes halogenated alkanes) is 1. The van der Waals surface area contributed by atoms with Crippen LogP contribution in [0.2, 0.25) is 0 Å². The number of likely N-dealkylation sites (tertiary alicyclic amines) is 1. The Morgan fingerprint density at radius 3 is 2.36 bits per heavy atom. The van der Waals surface area contributed by atoms with Gasteiger partial charge in [0.05, 0.1) is 50.7 Å². The topological polar surface area (TPSA) is 188 Å². The highest BCUT2D eigenvalue weighted by atomic mass is 32.2. The summed E-state index contributed by atoms with van der Waals surface area (Å²) in [6.07, 6.45) is 8.68. The smallest absolute Gasteiger partial charge is 0.315 e. The number of hydrogen-bond donors (Lipinski definition) is 5. The molecule has 2 aromatic carbocycles. The Bertz CT molecular complexity index is 2080. The van der Waals surface area contributed by atoms with Gasteiger partial charge in [-0.2, -0.15) is 17.0 Å². The minimum atomic E-state index is -0.185. The van der Waals surface area contributed by atoms with Gasteiger partial charge in [-0.25, -0.2) is 4.79 Å². The maximum atomic E-state index is 14.2. The van der Waals surface area contributed by atoms with Crippen LogP contribution < -0.4 is 41.0 Å². The van der Waals surface area contributed by atoms with Crippen molar-refractivity contribution in [1.82, 2.24) is 31.5 Å². The second-order valence-corrected chi connectivity index (χ2v) is 22.2. The van der Waals surface area contributed by atoms with E-state index in [-0.39, 0.29) is 53.7 Å². The van der Waals surface area contributed by atoms with Crippen molar-refractivity contribution in [2.45, 2.75) is 127 Å². The zero-order chi connectivity index (χ0) is 48.9. The molecule has 5 atom stereocenters. The van der Waals surface area contributed by atoms with Crippen molar-refractivity contribution in [2.75, 3.05) is 103 Å². The number of carbonyl (C=O) groups excluding carboxylic acids is 3. The number of benzene rings is 2. The molecule has 1 aliphatic carbocycles. The van der Waals surface area contributed by atoms with E-state index >= 15 is 0 Å². The van der Waals surface area contributed by atoms with E-state index in [0.29, 0.717) is 119 Å². The fraction of sp³-hybridized carbons (Fsp3) is 0.698. The summed E-state index contributed by atoms with van der Waals surface area (Å²) in [6, 6.07) is 14.6. The van der Waals surface area contributed by atoms with Crippen molar-refractivity contribution in [1.29, 1.82) is 5.26 Å². The summed E-state index contributed by atoms with van der Waals surface area (Å²) in [6.45, 7) is 15.9. The molecule has 0 spiro atoms. The summed E-state index contributed by atoms with van der Waals surface area (Å²) in [5.74, 6) is 3.44. The zero-order valence-electron chi connectivity index (χ0n) is 41.8. The molecule has 17 heteroatoms. The third kappa shape index (κ3) is 14.2. The van der Waals surface area contributed by atoms with E-state index in [1.807, 2.05) is 47.0 Å². The third-order valence-electron chi connectivity index (χ3n) is 15.2. The number of nitriles is 1. The summed E-state index contributed by atoms with van der Waals surface area (Å²) in [7, 11) is 0. The van der Waals surface area contributed by atoms with E-state index in [2.05, 4.69) is 64.4 Å². The molecule has 5 aliphatic heterocycles. The minimum Gasteiger partial charge on any atom is -0.489 e. The average Bonchev–Trinajstić information content (AvgIpc) is 4.09. The summed E-state index contributed by atoms with van der Waals surface area (Å²) < 4.78 is 31.1. The molecule has 5 heterocycles. The molecule has 5 saturated heterocycles. The van der Waals surface area contributed by atoms with E-state index in [9.17, 15) is 19.6 Å². The van der Waals surface area contributed by atoms with Crippen LogP contribution in [-0.4, -0.2) is 156 Å².